The first-order valence-electron chi connectivity index (χ1n) is 11.6. The maximum atomic E-state index is 12.0. The van der Waals surface area contributed by atoms with Crippen LogP contribution >= 0.6 is 0 Å². The Morgan fingerprint density at radius 3 is 1.77 bits per heavy atom. The van der Waals surface area contributed by atoms with Crippen LogP contribution in [-0.4, -0.2) is 68.5 Å². The van der Waals surface area contributed by atoms with Crippen LogP contribution in [0.25, 0.3) is 0 Å². The van der Waals surface area contributed by atoms with Gasteiger partial charge in [0.05, 0.1) is 6.61 Å². The molecule has 0 amide bonds. The molecular formula is C22H42O8. The Labute approximate surface area is 180 Å². The molecule has 1 fully saturated rings. The molecule has 0 aliphatic carbocycles. The SMILES string of the molecule is CCCCCCCCCCCCCCCC(=O)O[C@@]1(O)O[C@H](CO)[C@H](O)[C@H](O)[C@H]1O. The van der Waals surface area contributed by atoms with Gasteiger partial charge in [0, 0.05) is 6.42 Å². The van der Waals surface area contributed by atoms with Gasteiger partial charge in [-0.2, -0.15) is 0 Å². The minimum absolute atomic E-state index is 0.0403. The molecule has 0 unspecified atom stereocenters. The van der Waals surface area contributed by atoms with Crippen LogP contribution < -0.4 is 0 Å². The first-order chi connectivity index (χ1) is 14.4. The van der Waals surface area contributed by atoms with Gasteiger partial charge in [-0.15, -0.1) is 0 Å². The van der Waals surface area contributed by atoms with Crippen LogP contribution in [0.2, 0.25) is 0 Å². The Hall–Kier alpha value is -0.770. The van der Waals surface area contributed by atoms with Crippen molar-refractivity contribution in [2.24, 2.45) is 0 Å². The molecule has 30 heavy (non-hydrogen) atoms. The fourth-order valence-electron chi connectivity index (χ4n) is 3.71. The molecule has 1 saturated heterocycles. The Balaban J connectivity index is 2.09. The average molecular weight is 435 g/mol. The first-order valence-corrected chi connectivity index (χ1v) is 11.6. The van der Waals surface area contributed by atoms with Crippen LogP contribution in [0.1, 0.15) is 96.8 Å². The van der Waals surface area contributed by atoms with Crippen LogP contribution in [0, 0.1) is 0 Å². The Morgan fingerprint density at radius 2 is 1.30 bits per heavy atom. The van der Waals surface area contributed by atoms with E-state index in [0.29, 0.717) is 6.42 Å². The average Bonchev–Trinajstić information content (AvgIpc) is 2.72. The zero-order valence-electron chi connectivity index (χ0n) is 18.4. The third-order valence-electron chi connectivity index (χ3n) is 5.67. The lowest BCUT2D eigenvalue weighted by molar-refractivity contribution is -0.434. The normalized spacial score (nSPS) is 29.1. The Morgan fingerprint density at radius 1 is 0.833 bits per heavy atom. The topological polar surface area (TPSA) is 137 Å². The molecule has 0 aromatic carbocycles. The molecule has 0 aromatic heterocycles. The predicted molar refractivity (Wildman–Crippen MR) is 111 cm³/mol. The van der Waals surface area contributed by atoms with Crippen molar-refractivity contribution in [3.63, 3.8) is 0 Å². The van der Waals surface area contributed by atoms with E-state index in [4.69, 9.17) is 14.6 Å². The minimum Gasteiger partial charge on any atom is -0.406 e. The summed E-state index contributed by atoms with van der Waals surface area (Å²) < 4.78 is 9.72. The molecule has 8 nitrogen and oxygen atoms in total. The van der Waals surface area contributed by atoms with Crippen LogP contribution in [0.3, 0.4) is 0 Å². The number of carbonyl (C=O) groups excluding carboxylic acids is 1. The zero-order valence-corrected chi connectivity index (χ0v) is 18.4. The highest BCUT2D eigenvalue weighted by molar-refractivity contribution is 5.69. The van der Waals surface area contributed by atoms with Gasteiger partial charge in [-0.25, -0.2) is 0 Å². The lowest BCUT2D eigenvalue weighted by Crippen LogP contribution is -2.66. The fraction of sp³-hybridized carbons (Fsp3) is 0.955. The summed E-state index contributed by atoms with van der Waals surface area (Å²) in [6.45, 7) is 1.51. The summed E-state index contributed by atoms with van der Waals surface area (Å²) in [6.07, 6.45) is 8.49. The molecule has 1 aliphatic heterocycles. The van der Waals surface area contributed by atoms with E-state index in [2.05, 4.69) is 6.92 Å². The highest BCUT2D eigenvalue weighted by Gasteiger charge is 2.55. The van der Waals surface area contributed by atoms with Crippen LogP contribution in [0.5, 0.6) is 0 Å². The molecule has 8 heteroatoms. The molecule has 0 saturated carbocycles. The minimum atomic E-state index is -2.79. The highest BCUT2D eigenvalue weighted by Crippen LogP contribution is 2.29. The molecule has 5 atom stereocenters. The number of aliphatic hydroxyl groups is 5. The van der Waals surface area contributed by atoms with Crippen molar-refractivity contribution in [3.8, 4) is 0 Å². The molecular weight excluding hydrogens is 392 g/mol. The fourth-order valence-corrected chi connectivity index (χ4v) is 3.71. The monoisotopic (exact) mass is 434 g/mol. The van der Waals surface area contributed by atoms with Gasteiger partial charge >= 0.3 is 11.9 Å². The van der Waals surface area contributed by atoms with Gasteiger partial charge in [0.25, 0.3) is 0 Å². The number of ether oxygens (including phenoxy) is 2. The second-order valence-corrected chi connectivity index (χ2v) is 8.36. The number of carbonyl (C=O) groups is 1. The standard InChI is InChI=1S/C22H42O8/c1-2-3-4-5-6-7-8-9-10-11-12-13-14-15-18(24)30-22(28)21(27)20(26)19(25)17(16-23)29-22/h17,19-21,23,25-28H,2-16H2,1H3/t17-,19+,20+,21-,22+/m1/s1. The summed E-state index contributed by atoms with van der Waals surface area (Å²) in [7, 11) is 0. The summed E-state index contributed by atoms with van der Waals surface area (Å²) in [4.78, 5) is 12.0. The maximum absolute atomic E-state index is 12.0. The van der Waals surface area contributed by atoms with E-state index in [9.17, 15) is 25.2 Å². The van der Waals surface area contributed by atoms with Crippen molar-refractivity contribution in [1.29, 1.82) is 0 Å². The number of unbranched alkanes of at least 4 members (excludes halogenated alkanes) is 12. The smallest absolute Gasteiger partial charge is 0.357 e. The van der Waals surface area contributed by atoms with Gasteiger partial charge in [-0.05, 0) is 6.42 Å². The lowest BCUT2D eigenvalue weighted by Gasteiger charge is -2.43. The number of esters is 1. The second kappa shape index (κ2) is 15.1. The van der Waals surface area contributed by atoms with E-state index in [1.165, 1.54) is 57.8 Å². The van der Waals surface area contributed by atoms with Crippen LogP contribution in [0.4, 0.5) is 0 Å². The molecule has 0 radical (unpaired) electrons. The van der Waals surface area contributed by atoms with Gasteiger partial charge in [-0.1, -0.05) is 84.0 Å². The van der Waals surface area contributed by atoms with Gasteiger partial charge in [-0.3, -0.25) is 4.79 Å². The molecule has 5 N–H and O–H groups in total. The van der Waals surface area contributed by atoms with Gasteiger partial charge in [0.15, 0.2) is 6.10 Å². The van der Waals surface area contributed by atoms with E-state index in [1.807, 2.05) is 0 Å². The quantitative estimate of drug-likeness (QED) is 0.142. The highest BCUT2D eigenvalue weighted by atomic mass is 16.8. The zero-order chi connectivity index (χ0) is 22.4. The number of hydrogen-bond donors (Lipinski definition) is 5. The Kier molecular flexibility index (Phi) is 13.7. The maximum Gasteiger partial charge on any atom is 0.357 e. The summed E-state index contributed by atoms with van der Waals surface area (Å²) in [6, 6.07) is 0. The van der Waals surface area contributed by atoms with Crippen molar-refractivity contribution < 1.29 is 39.8 Å². The third kappa shape index (κ3) is 9.58. The summed E-state index contributed by atoms with van der Waals surface area (Å²) >= 11 is 0. The molecule has 0 bridgehead atoms. The molecule has 0 aromatic rings. The summed E-state index contributed by atoms with van der Waals surface area (Å²) in [5.41, 5.74) is 0. The van der Waals surface area contributed by atoms with Crippen molar-refractivity contribution >= 4 is 5.97 Å². The van der Waals surface area contributed by atoms with E-state index in [1.54, 1.807) is 0 Å². The van der Waals surface area contributed by atoms with Crippen molar-refractivity contribution in [3.05, 3.63) is 0 Å². The predicted octanol–water partition coefficient (Wildman–Crippen LogP) is 2.13. The van der Waals surface area contributed by atoms with E-state index in [0.717, 1.165) is 19.3 Å². The van der Waals surface area contributed by atoms with Crippen molar-refractivity contribution in [1.82, 2.24) is 0 Å². The van der Waals surface area contributed by atoms with Crippen LogP contribution in [0.15, 0.2) is 0 Å². The van der Waals surface area contributed by atoms with Crippen LogP contribution in [-0.2, 0) is 14.3 Å². The van der Waals surface area contributed by atoms with E-state index >= 15 is 0 Å². The lowest BCUT2D eigenvalue weighted by atomic mass is 9.98. The number of rotatable bonds is 16. The largest absolute Gasteiger partial charge is 0.406 e. The van der Waals surface area contributed by atoms with Crippen molar-refractivity contribution in [2.75, 3.05) is 6.61 Å². The number of aliphatic hydroxyl groups excluding tert-OH is 4. The molecule has 1 heterocycles. The summed E-state index contributed by atoms with van der Waals surface area (Å²) in [5.74, 6) is -3.57. The van der Waals surface area contributed by atoms with E-state index < -0.39 is 43.0 Å². The van der Waals surface area contributed by atoms with E-state index in [-0.39, 0.29) is 6.42 Å². The molecule has 0 spiro atoms. The number of hydrogen-bond acceptors (Lipinski definition) is 8. The first kappa shape index (κ1) is 27.3. The molecule has 178 valence electrons. The van der Waals surface area contributed by atoms with Gasteiger partial charge in [0.2, 0.25) is 0 Å². The second-order valence-electron chi connectivity index (χ2n) is 8.36. The van der Waals surface area contributed by atoms with Gasteiger partial charge in [0.1, 0.15) is 18.3 Å². The third-order valence-corrected chi connectivity index (χ3v) is 5.67. The Bertz CT molecular complexity index is 458. The van der Waals surface area contributed by atoms with Gasteiger partial charge < -0.3 is 35.0 Å². The summed E-state index contributed by atoms with van der Waals surface area (Å²) in [5, 5.41) is 48.6. The van der Waals surface area contributed by atoms with Crippen molar-refractivity contribution in [2.45, 2.75) is 127 Å². The molecule has 1 rings (SSSR count). The molecule has 1 aliphatic rings.